The molecule has 1 atom stereocenters. The summed E-state index contributed by atoms with van der Waals surface area (Å²) in [4.78, 5) is 12.0. The predicted octanol–water partition coefficient (Wildman–Crippen LogP) is 2.27. The summed E-state index contributed by atoms with van der Waals surface area (Å²) in [6, 6.07) is 0. The second-order valence-corrected chi connectivity index (χ2v) is 6.88. The maximum absolute atomic E-state index is 12.0. The average molecular weight is 244 g/mol. The van der Waals surface area contributed by atoms with E-state index < -0.39 is 15.1 Å². The van der Waals surface area contributed by atoms with Gasteiger partial charge in [-0.05, 0) is 38.2 Å². The lowest BCUT2D eigenvalue weighted by Gasteiger charge is -2.14. The minimum Gasteiger partial charge on any atom is -0.293 e. The van der Waals surface area contributed by atoms with Gasteiger partial charge in [0, 0.05) is 6.26 Å². The molecule has 0 aromatic carbocycles. The van der Waals surface area contributed by atoms with E-state index in [0.29, 0.717) is 0 Å². The van der Waals surface area contributed by atoms with E-state index in [1.54, 1.807) is 0 Å². The fourth-order valence-electron chi connectivity index (χ4n) is 1.87. The normalized spacial score (nSPS) is 20.5. The molecule has 0 amide bonds. The number of hydrogen-bond donors (Lipinski definition) is 0. The Morgan fingerprint density at radius 3 is 2.50 bits per heavy atom. The lowest BCUT2D eigenvalue weighted by atomic mass is 9.96. The minimum atomic E-state index is -3.26. The van der Waals surface area contributed by atoms with Gasteiger partial charge in [0.1, 0.15) is 5.25 Å². The molecule has 4 heteroatoms. The molecule has 1 unspecified atom stereocenters. The number of ketones is 1. The summed E-state index contributed by atoms with van der Waals surface area (Å²) in [6.07, 6.45) is 9.13. The Morgan fingerprint density at radius 2 is 1.88 bits per heavy atom. The van der Waals surface area contributed by atoms with Crippen molar-refractivity contribution in [3.05, 3.63) is 11.6 Å². The number of Topliss-reactive ketones (excluding diaryl/α,β-unsaturated/α-hetero) is 1. The quantitative estimate of drug-likeness (QED) is 0.765. The van der Waals surface area contributed by atoms with Gasteiger partial charge in [-0.25, -0.2) is 8.42 Å². The van der Waals surface area contributed by atoms with Crippen molar-refractivity contribution in [1.29, 1.82) is 0 Å². The molecule has 1 rings (SSSR count). The van der Waals surface area contributed by atoms with Gasteiger partial charge in [0.05, 0.1) is 0 Å². The van der Waals surface area contributed by atoms with Gasteiger partial charge >= 0.3 is 0 Å². The maximum Gasteiger partial charge on any atom is 0.176 e. The van der Waals surface area contributed by atoms with Crippen LogP contribution in [0.2, 0.25) is 0 Å². The molecule has 0 aliphatic heterocycles. The summed E-state index contributed by atoms with van der Waals surface area (Å²) in [5, 5.41) is -0.891. The molecule has 0 fully saturated rings. The van der Waals surface area contributed by atoms with Crippen LogP contribution in [0.1, 0.15) is 45.4 Å². The van der Waals surface area contributed by atoms with Crippen molar-refractivity contribution in [2.75, 3.05) is 6.26 Å². The number of carbonyl (C=O) groups excluding carboxylic acids is 1. The molecule has 92 valence electrons. The fourth-order valence-corrected chi connectivity index (χ4v) is 2.41. The highest BCUT2D eigenvalue weighted by atomic mass is 32.2. The van der Waals surface area contributed by atoms with Crippen molar-refractivity contribution >= 4 is 15.6 Å². The second-order valence-electron chi connectivity index (χ2n) is 4.52. The van der Waals surface area contributed by atoms with Crippen LogP contribution in [0.3, 0.4) is 0 Å². The average Bonchev–Trinajstić information content (AvgIpc) is 2.13. The number of carbonyl (C=O) groups is 1. The summed E-state index contributed by atoms with van der Waals surface area (Å²) in [5.41, 5.74) is 0.720. The first kappa shape index (κ1) is 13.4. The van der Waals surface area contributed by atoms with Crippen LogP contribution < -0.4 is 0 Å². The third kappa shape index (κ3) is 3.74. The van der Waals surface area contributed by atoms with Gasteiger partial charge < -0.3 is 0 Å². The molecule has 0 N–H and O–H groups in total. The second kappa shape index (κ2) is 5.62. The molecule has 0 saturated carbocycles. The van der Waals surface area contributed by atoms with Gasteiger partial charge in [-0.3, -0.25) is 4.79 Å². The Balaban J connectivity index is 2.79. The van der Waals surface area contributed by atoms with Crippen molar-refractivity contribution in [2.24, 2.45) is 0 Å². The first-order valence-electron chi connectivity index (χ1n) is 5.85. The largest absolute Gasteiger partial charge is 0.293 e. The van der Waals surface area contributed by atoms with Crippen molar-refractivity contribution < 1.29 is 13.2 Å². The molecule has 0 bridgehead atoms. The smallest absolute Gasteiger partial charge is 0.176 e. The Labute approximate surface area is 97.8 Å². The molecular formula is C12H20O3S. The summed E-state index contributed by atoms with van der Waals surface area (Å²) in [7, 11) is -3.26. The molecule has 1 aliphatic carbocycles. The lowest BCUT2D eigenvalue weighted by Crippen LogP contribution is -2.27. The SMILES string of the molecule is CC(C(=O)C1=CCCCCCC1)S(C)(=O)=O. The van der Waals surface area contributed by atoms with Crippen LogP contribution >= 0.6 is 0 Å². The van der Waals surface area contributed by atoms with Crippen LogP contribution in [0.15, 0.2) is 11.6 Å². The van der Waals surface area contributed by atoms with Crippen LogP contribution in [-0.2, 0) is 14.6 Å². The van der Waals surface area contributed by atoms with Crippen LogP contribution in [0.5, 0.6) is 0 Å². The molecule has 0 heterocycles. The number of allylic oxidation sites excluding steroid dienone is 2. The first-order valence-corrected chi connectivity index (χ1v) is 7.80. The fraction of sp³-hybridized carbons (Fsp3) is 0.750. The molecule has 3 nitrogen and oxygen atoms in total. The van der Waals surface area contributed by atoms with Gasteiger partial charge in [0.2, 0.25) is 0 Å². The van der Waals surface area contributed by atoms with E-state index >= 15 is 0 Å². The highest BCUT2D eigenvalue weighted by molar-refractivity contribution is 7.92. The number of rotatable bonds is 3. The highest BCUT2D eigenvalue weighted by Gasteiger charge is 2.26. The number of hydrogen-bond acceptors (Lipinski definition) is 3. The minimum absolute atomic E-state index is 0.204. The third-order valence-corrected chi connectivity index (χ3v) is 4.62. The zero-order valence-corrected chi connectivity index (χ0v) is 10.8. The lowest BCUT2D eigenvalue weighted by molar-refractivity contribution is -0.115. The molecule has 0 aromatic heterocycles. The summed E-state index contributed by atoms with van der Waals surface area (Å²) in [5.74, 6) is -0.204. The van der Waals surface area contributed by atoms with Crippen LogP contribution in [0.25, 0.3) is 0 Å². The van der Waals surface area contributed by atoms with Gasteiger partial charge in [0.15, 0.2) is 15.6 Å². The molecule has 0 spiro atoms. The van der Waals surface area contributed by atoms with Gasteiger partial charge in [-0.2, -0.15) is 0 Å². The summed E-state index contributed by atoms with van der Waals surface area (Å²) in [6.45, 7) is 1.48. The Hall–Kier alpha value is -0.640. The van der Waals surface area contributed by atoms with E-state index in [1.165, 1.54) is 13.3 Å². The van der Waals surface area contributed by atoms with Gasteiger partial charge in [-0.1, -0.05) is 18.9 Å². The molecule has 0 radical (unpaired) electrons. The van der Waals surface area contributed by atoms with E-state index in [1.807, 2.05) is 6.08 Å². The van der Waals surface area contributed by atoms with E-state index in [-0.39, 0.29) is 5.78 Å². The maximum atomic E-state index is 12.0. The van der Waals surface area contributed by atoms with Crippen LogP contribution in [-0.4, -0.2) is 25.7 Å². The van der Waals surface area contributed by atoms with Gasteiger partial charge in [-0.15, -0.1) is 0 Å². The van der Waals surface area contributed by atoms with E-state index in [0.717, 1.165) is 43.9 Å². The van der Waals surface area contributed by atoms with E-state index in [2.05, 4.69) is 0 Å². The molecule has 1 aliphatic rings. The Bertz CT molecular complexity index is 379. The van der Waals surface area contributed by atoms with Crippen LogP contribution in [0.4, 0.5) is 0 Å². The van der Waals surface area contributed by atoms with Crippen molar-refractivity contribution in [2.45, 2.75) is 50.7 Å². The molecule has 16 heavy (non-hydrogen) atoms. The highest BCUT2D eigenvalue weighted by Crippen LogP contribution is 2.20. The third-order valence-electron chi connectivity index (χ3n) is 3.12. The monoisotopic (exact) mass is 244 g/mol. The van der Waals surface area contributed by atoms with Gasteiger partial charge in [0.25, 0.3) is 0 Å². The summed E-state index contributed by atoms with van der Waals surface area (Å²) < 4.78 is 22.6. The van der Waals surface area contributed by atoms with Crippen molar-refractivity contribution in [3.8, 4) is 0 Å². The number of sulfone groups is 1. The Morgan fingerprint density at radius 1 is 1.25 bits per heavy atom. The first-order chi connectivity index (χ1) is 7.43. The van der Waals surface area contributed by atoms with E-state index in [9.17, 15) is 13.2 Å². The molecule has 0 aromatic rings. The summed E-state index contributed by atoms with van der Waals surface area (Å²) >= 11 is 0. The van der Waals surface area contributed by atoms with Crippen molar-refractivity contribution in [1.82, 2.24) is 0 Å². The Kier molecular flexibility index (Phi) is 4.71. The molecule has 0 saturated heterocycles. The zero-order chi connectivity index (χ0) is 12.2. The zero-order valence-electron chi connectivity index (χ0n) is 10.0. The predicted molar refractivity (Wildman–Crippen MR) is 65.1 cm³/mol. The standard InChI is InChI=1S/C12H20O3S/c1-10(16(2,14)15)12(13)11-8-6-4-3-5-7-9-11/h8,10H,3-7,9H2,1-2H3. The topological polar surface area (TPSA) is 51.2 Å². The van der Waals surface area contributed by atoms with E-state index in [4.69, 9.17) is 0 Å². The molecular weight excluding hydrogens is 224 g/mol. The van der Waals surface area contributed by atoms with Crippen LogP contribution in [0, 0.1) is 0 Å². The van der Waals surface area contributed by atoms with Crippen molar-refractivity contribution in [3.63, 3.8) is 0 Å².